The Morgan fingerprint density at radius 3 is 3.00 bits per heavy atom. The van der Waals surface area contributed by atoms with Gasteiger partial charge in [-0.2, -0.15) is 0 Å². The van der Waals surface area contributed by atoms with Crippen molar-refractivity contribution in [2.75, 3.05) is 11.0 Å². The fourth-order valence-corrected chi connectivity index (χ4v) is 1.14. The van der Waals surface area contributed by atoms with Crippen LogP contribution < -0.4 is 4.72 Å². The summed E-state index contributed by atoms with van der Waals surface area (Å²) in [5.41, 5.74) is 2.13. The first-order valence-electron chi connectivity index (χ1n) is 3.05. The maximum Gasteiger partial charge on any atom is 0.0655 e. The predicted molar refractivity (Wildman–Crippen MR) is 46.1 cm³/mol. The number of nitrogens with one attached hydrogen (secondary N) is 1. The third-order valence-electron chi connectivity index (χ3n) is 1.22. The minimum atomic E-state index is 1.04. The number of pyridine rings is 1. The highest BCUT2D eigenvalue weighted by atomic mass is 32.2. The highest BCUT2D eigenvalue weighted by Crippen LogP contribution is 2.12. The third kappa shape index (κ3) is 1.64. The van der Waals surface area contributed by atoms with Crippen LogP contribution in [-0.2, 0) is 0 Å². The Hall–Kier alpha value is -0.700. The van der Waals surface area contributed by atoms with E-state index in [1.54, 1.807) is 18.1 Å². The van der Waals surface area contributed by atoms with E-state index in [9.17, 15) is 0 Å². The van der Waals surface area contributed by atoms with E-state index in [0.717, 1.165) is 11.4 Å². The van der Waals surface area contributed by atoms with Crippen LogP contribution in [0.3, 0.4) is 0 Å². The van der Waals surface area contributed by atoms with Gasteiger partial charge in [-0.05, 0) is 19.1 Å². The molecule has 0 amide bonds. The lowest BCUT2D eigenvalue weighted by molar-refractivity contribution is 1.21. The Morgan fingerprint density at radius 1 is 1.60 bits per heavy atom. The lowest BCUT2D eigenvalue weighted by Gasteiger charge is -2.02. The second-order valence-corrected chi connectivity index (χ2v) is 2.55. The lowest BCUT2D eigenvalue weighted by atomic mass is 10.3. The first kappa shape index (κ1) is 7.41. The van der Waals surface area contributed by atoms with E-state index in [0.29, 0.717) is 0 Å². The van der Waals surface area contributed by atoms with E-state index >= 15 is 0 Å². The van der Waals surface area contributed by atoms with Crippen molar-refractivity contribution in [1.82, 2.24) is 4.98 Å². The topological polar surface area (TPSA) is 24.9 Å². The van der Waals surface area contributed by atoms with Crippen molar-refractivity contribution in [1.29, 1.82) is 0 Å². The summed E-state index contributed by atoms with van der Waals surface area (Å²) in [6, 6.07) is 3.93. The molecule has 0 unspecified atom stereocenters. The molecule has 0 aliphatic carbocycles. The summed E-state index contributed by atoms with van der Waals surface area (Å²) >= 11 is 1.58. The normalized spacial score (nSPS) is 9.40. The van der Waals surface area contributed by atoms with Gasteiger partial charge in [0.05, 0.1) is 11.4 Å². The molecule has 0 atom stereocenters. The summed E-state index contributed by atoms with van der Waals surface area (Å²) < 4.78 is 3.13. The lowest BCUT2D eigenvalue weighted by Crippen LogP contribution is -1.89. The second-order valence-electron chi connectivity index (χ2n) is 1.94. The van der Waals surface area contributed by atoms with Gasteiger partial charge in [-0.1, -0.05) is 11.9 Å². The van der Waals surface area contributed by atoms with Crippen molar-refractivity contribution in [2.24, 2.45) is 0 Å². The molecular formula is C7H10N2S. The minimum absolute atomic E-state index is 1.04. The molecule has 0 aliphatic heterocycles. The summed E-state index contributed by atoms with van der Waals surface area (Å²) in [6.45, 7) is 1.98. The van der Waals surface area contributed by atoms with Crippen molar-refractivity contribution in [2.45, 2.75) is 6.92 Å². The molecule has 1 aromatic heterocycles. The summed E-state index contributed by atoms with van der Waals surface area (Å²) in [5.74, 6) is 0. The number of rotatable bonds is 2. The smallest absolute Gasteiger partial charge is 0.0655 e. The highest BCUT2D eigenvalue weighted by molar-refractivity contribution is 7.99. The van der Waals surface area contributed by atoms with Crippen LogP contribution in [0.25, 0.3) is 0 Å². The number of hydrogen-bond acceptors (Lipinski definition) is 3. The largest absolute Gasteiger partial charge is 0.328 e. The summed E-state index contributed by atoms with van der Waals surface area (Å²) in [4.78, 5) is 4.12. The van der Waals surface area contributed by atoms with Crippen LogP contribution in [0.2, 0.25) is 0 Å². The maximum absolute atomic E-state index is 4.12. The first-order valence-corrected chi connectivity index (χ1v) is 4.27. The predicted octanol–water partition coefficient (Wildman–Crippen LogP) is 2.08. The Kier molecular flexibility index (Phi) is 2.57. The van der Waals surface area contributed by atoms with Gasteiger partial charge in [-0.3, -0.25) is 4.98 Å². The standard InChI is InChI=1S/C7H10N2S/c1-6-7(9-10-2)4-3-5-8-6/h3-5,9H,1-2H3. The summed E-state index contributed by atoms with van der Waals surface area (Å²) in [5, 5.41) is 0. The van der Waals surface area contributed by atoms with Crippen LogP contribution in [0.5, 0.6) is 0 Å². The maximum atomic E-state index is 4.12. The SMILES string of the molecule is CSNc1cccnc1C. The average Bonchev–Trinajstić information content (AvgIpc) is 1.94. The molecule has 1 rings (SSSR count). The van der Waals surface area contributed by atoms with Crippen molar-refractivity contribution in [3.63, 3.8) is 0 Å². The van der Waals surface area contributed by atoms with Gasteiger partial charge in [-0.15, -0.1) is 0 Å². The molecule has 0 fully saturated rings. The van der Waals surface area contributed by atoms with Gasteiger partial charge in [-0.25, -0.2) is 0 Å². The number of anilines is 1. The first-order chi connectivity index (χ1) is 4.84. The zero-order valence-electron chi connectivity index (χ0n) is 6.09. The van der Waals surface area contributed by atoms with Crippen molar-refractivity contribution in [3.05, 3.63) is 24.0 Å². The van der Waals surface area contributed by atoms with E-state index < -0.39 is 0 Å². The van der Waals surface area contributed by atoms with E-state index in [-0.39, 0.29) is 0 Å². The van der Waals surface area contributed by atoms with Crippen LogP contribution in [-0.4, -0.2) is 11.2 Å². The fourth-order valence-electron chi connectivity index (χ4n) is 0.702. The zero-order chi connectivity index (χ0) is 7.40. The number of aryl methyl sites for hydroxylation is 1. The van der Waals surface area contributed by atoms with Crippen LogP contribution in [0.4, 0.5) is 5.69 Å². The number of aromatic nitrogens is 1. The third-order valence-corrected chi connectivity index (χ3v) is 1.64. The molecule has 1 aromatic rings. The molecule has 1 heterocycles. The molecule has 0 saturated carbocycles. The highest BCUT2D eigenvalue weighted by Gasteiger charge is 1.92. The Balaban J connectivity index is 2.81. The monoisotopic (exact) mass is 154 g/mol. The van der Waals surface area contributed by atoms with Gasteiger partial charge < -0.3 is 4.72 Å². The van der Waals surface area contributed by atoms with E-state index in [4.69, 9.17) is 0 Å². The Bertz CT molecular complexity index is 213. The summed E-state index contributed by atoms with van der Waals surface area (Å²) in [6.07, 6.45) is 3.78. The molecule has 0 spiro atoms. The van der Waals surface area contributed by atoms with Crippen LogP contribution >= 0.6 is 11.9 Å². The molecular weight excluding hydrogens is 144 g/mol. The molecule has 10 heavy (non-hydrogen) atoms. The Morgan fingerprint density at radius 2 is 2.40 bits per heavy atom. The second kappa shape index (κ2) is 3.46. The van der Waals surface area contributed by atoms with E-state index in [1.165, 1.54) is 0 Å². The van der Waals surface area contributed by atoms with Gasteiger partial charge in [0.2, 0.25) is 0 Å². The van der Waals surface area contributed by atoms with Crippen LogP contribution in [0.15, 0.2) is 18.3 Å². The van der Waals surface area contributed by atoms with E-state index in [2.05, 4.69) is 9.71 Å². The minimum Gasteiger partial charge on any atom is -0.328 e. The van der Waals surface area contributed by atoms with Crippen molar-refractivity contribution in [3.8, 4) is 0 Å². The molecule has 0 aliphatic rings. The number of hydrogen-bond donors (Lipinski definition) is 1. The van der Waals surface area contributed by atoms with Crippen LogP contribution in [0.1, 0.15) is 5.69 Å². The van der Waals surface area contributed by atoms with Crippen molar-refractivity contribution >= 4 is 17.6 Å². The van der Waals surface area contributed by atoms with E-state index in [1.807, 2.05) is 25.3 Å². The Labute approximate surface area is 65.2 Å². The fraction of sp³-hybridized carbons (Fsp3) is 0.286. The molecule has 0 aromatic carbocycles. The molecule has 0 saturated heterocycles. The van der Waals surface area contributed by atoms with Gasteiger partial charge >= 0.3 is 0 Å². The summed E-state index contributed by atoms with van der Waals surface area (Å²) in [7, 11) is 0. The molecule has 0 radical (unpaired) electrons. The zero-order valence-corrected chi connectivity index (χ0v) is 6.90. The van der Waals surface area contributed by atoms with Crippen molar-refractivity contribution < 1.29 is 0 Å². The van der Waals surface area contributed by atoms with Crippen LogP contribution in [0, 0.1) is 6.92 Å². The quantitative estimate of drug-likeness (QED) is 0.660. The molecule has 54 valence electrons. The van der Waals surface area contributed by atoms with Gasteiger partial charge in [0.25, 0.3) is 0 Å². The number of nitrogens with zero attached hydrogens (tertiary/aromatic N) is 1. The van der Waals surface area contributed by atoms with Gasteiger partial charge in [0.1, 0.15) is 0 Å². The average molecular weight is 154 g/mol. The molecule has 0 bridgehead atoms. The molecule has 2 nitrogen and oxygen atoms in total. The molecule has 1 N–H and O–H groups in total. The van der Waals surface area contributed by atoms with Gasteiger partial charge in [0.15, 0.2) is 0 Å². The van der Waals surface area contributed by atoms with Gasteiger partial charge in [0, 0.05) is 12.5 Å². The molecule has 3 heteroatoms.